The van der Waals surface area contributed by atoms with Crippen LogP contribution >= 0.6 is 0 Å². The summed E-state index contributed by atoms with van der Waals surface area (Å²) in [6.07, 6.45) is 4.16. The van der Waals surface area contributed by atoms with E-state index in [2.05, 4.69) is 51.2 Å². The topological polar surface area (TPSA) is 36.4 Å². The van der Waals surface area contributed by atoms with Crippen LogP contribution < -0.4 is 4.90 Å². The zero-order chi connectivity index (χ0) is 17.9. The van der Waals surface area contributed by atoms with E-state index in [-0.39, 0.29) is 5.92 Å². The van der Waals surface area contributed by atoms with Crippen molar-refractivity contribution in [2.45, 2.75) is 45.2 Å². The standard InChI is InChI=1S/C22H27N3O/c1-17-6-5-9-21(23-17)24-14-12-19(13-15-24)22(26)25(20-10-11-20)16-18-7-3-2-4-8-18/h2-9,19-20H,10-16H2,1H3. The van der Waals surface area contributed by atoms with Gasteiger partial charge in [0.05, 0.1) is 0 Å². The number of nitrogens with zero attached hydrogens (tertiary/aromatic N) is 3. The summed E-state index contributed by atoms with van der Waals surface area (Å²) in [4.78, 5) is 22.3. The maximum absolute atomic E-state index is 13.2. The molecule has 0 spiro atoms. The normalized spacial score (nSPS) is 18.0. The zero-order valence-corrected chi connectivity index (χ0v) is 15.5. The summed E-state index contributed by atoms with van der Waals surface area (Å²) < 4.78 is 0. The summed E-state index contributed by atoms with van der Waals surface area (Å²) in [5.74, 6) is 1.55. The lowest BCUT2D eigenvalue weighted by atomic mass is 9.94. The molecule has 136 valence electrons. The van der Waals surface area contributed by atoms with Crippen molar-refractivity contribution in [3.05, 3.63) is 59.8 Å². The molecular formula is C22H27N3O. The Kier molecular flexibility index (Phi) is 4.91. The number of piperidine rings is 1. The van der Waals surface area contributed by atoms with Crippen LogP contribution in [0.4, 0.5) is 5.82 Å². The van der Waals surface area contributed by atoms with Gasteiger partial charge in [-0.25, -0.2) is 4.98 Å². The van der Waals surface area contributed by atoms with Crippen LogP contribution in [0.3, 0.4) is 0 Å². The van der Waals surface area contributed by atoms with Gasteiger partial charge in [0.25, 0.3) is 0 Å². The molecule has 1 amide bonds. The summed E-state index contributed by atoms with van der Waals surface area (Å²) in [6, 6.07) is 17.0. The van der Waals surface area contributed by atoms with E-state index in [1.165, 1.54) is 5.56 Å². The Morgan fingerprint density at radius 1 is 1.04 bits per heavy atom. The maximum atomic E-state index is 13.2. The number of hydrogen-bond acceptors (Lipinski definition) is 3. The average molecular weight is 349 g/mol. The summed E-state index contributed by atoms with van der Waals surface area (Å²) in [7, 11) is 0. The molecule has 1 saturated carbocycles. The minimum absolute atomic E-state index is 0.153. The van der Waals surface area contributed by atoms with Crippen LogP contribution in [0, 0.1) is 12.8 Å². The van der Waals surface area contributed by atoms with Crippen molar-refractivity contribution in [1.82, 2.24) is 9.88 Å². The fraction of sp³-hybridized carbons (Fsp3) is 0.455. The summed E-state index contributed by atoms with van der Waals surface area (Å²) >= 11 is 0. The third kappa shape index (κ3) is 3.90. The molecule has 1 aromatic heterocycles. The minimum Gasteiger partial charge on any atom is -0.357 e. The number of carbonyl (C=O) groups is 1. The van der Waals surface area contributed by atoms with E-state index in [0.717, 1.165) is 56.8 Å². The molecule has 2 fully saturated rings. The maximum Gasteiger partial charge on any atom is 0.226 e. The molecule has 0 atom stereocenters. The van der Waals surface area contributed by atoms with E-state index >= 15 is 0 Å². The molecule has 26 heavy (non-hydrogen) atoms. The number of benzene rings is 1. The van der Waals surface area contributed by atoms with Gasteiger partial charge in [0, 0.05) is 37.3 Å². The number of anilines is 1. The van der Waals surface area contributed by atoms with E-state index in [1.54, 1.807) is 0 Å². The lowest BCUT2D eigenvalue weighted by Crippen LogP contribution is -2.43. The van der Waals surface area contributed by atoms with Gasteiger partial charge in [-0.2, -0.15) is 0 Å². The second kappa shape index (κ2) is 7.48. The molecular weight excluding hydrogens is 322 g/mol. The molecule has 2 aliphatic rings. The van der Waals surface area contributed by atoms with E-state index in [4.69, 9.17) is 0 Å². The molecule has 0 N–H and O–H groups in total. The minimum atomic E-state index is 0.153. The van der Waals surface area contributed by atoms with Crippen molar-refractivity contribution >= 4 is 11.7 Å². The Morgan fingerprint density at radius 2 is 1.77 bits per heavy atom. The molecule has 1 aromatic carbocycles. The lowest BCUT2D eigenvalue weighted by Gasteiger charge is -2.35. The van der Waals surface area contributed by atoms with Crippen molar-refractivity contribution < 1.29 is 4.79 Å². The van der Waals surface area contributed by atoms with Crippen LogP contribution in [-0.2, 0) is 11.3 Å². The average Bonchev–Trinajstić information content (AvgIpc) is 3.52. The highest BCUT2D eigenvalue weighted by Crippen LogP contribution is 2.32. The Hall–Kier alpha value is -2.36. The second-order valence-electron chi connectivity index (χ2n) is 7.58. The van der Waals surface area contributed by atoms with Crippen molar-refractivity contribution in [2.75, 3.05) is 18.0 Å². The van der Waals surface area contributed by atoms with E-state index in [1.807, 2.05) is 19.1 Å². The van der Waals surface area contributed by atoms with Gasteiger partial charge in [-0.3, -0.25) is 4.79 Å². The Morgan fingerprint density at radius 3 is 2.42 bits per heavy atom. The van der Waals surface area contributed by atoms with Crippen LogP contribution in [0.15, 0.2) is 48.5 Å². The molecule has 0 radical (unpaired) electrons. The van der Waals surface area contributed by atoms with Crippen molar-refractivity contribution in [1.29, 1.82) is 0 Å². The fourth-order valence-corrected chi connectivity index (χ4v) is 3.85. The van der Waals surface area contributed by atoms with Gasteiger partial charge < -0.3 is 9.80 Å². The van der Waals surface area contributed by atoms with Crippen LogP contribution in [0.2, 0.25) is 0 Å². The first-order chi connectivity index (χ1) is 12.7. The van der Waals surface area contributed by atoms with E-state index in [0.29, 0.717) is 11.9 Å². The first-order valence-electron chi connectivity index (χ1n) is 9.74. The van der Waals surface area contributed by atoms with Crippen LogP contribution in [0.25, 0.3) is 0 Å². The molecule has 1 saturated heterocycles. The number of amides is 1. The Bertz CT molecular complexity index is 749. The lowest BCUT2D eigenvalue weighted by molar-refractivity contribution is -0.137. The van der Waals surface area contributed by atoms with Gasteiger partial charge in [-0.1, -0.05) is 36.4 Å². The molecule has 1 aliphatic carbocycles. The zero-order valence-electron chi connectivity index (χ0n) is 15.5. The Balaban J connectivity index is 1.39. The van der Waals surface area contributed by atoms with Gasteiger partial charge in [0.1, 0.15) is 5.82 Å². The number of carbonyl (C=O) groups excluding carboxylic acids is 1. The van der Waals surface area contributed by atoms with Gasteiger partial charge >= 0.3 is 0 Å². The third-order valence-electron chi connectivity index (χ3n) is 5.51. The monoisotopic (exact) mass is 349 g/mol. The van der Waals surface area contributed by atoms with Gasteiger partial charge in [0.15, 0.2) is 0 Å². The number of rotatable bonds is 5. The van der Waals surface area contributed by atoms with Gasteiger partial charge in [-0.15, -0.1) is 0 Å². The number of aromatic nitrogens is 1. The molecule has 0 unspecified atom stereocenters. The number of aryl methyl sites for hydroxylation is 1. The largest absolute Gasteiger partial charge is 0.357 e. The SMILES string of the molecule is Cc1cccc(N2CCC(C(=O)N(Cc3ccccc3)C3CC3)CC2)n1. The highest BCUT2D eigenvalue weighted by atomic mass is 16.2. The number of pyridine rings is 1. The quantitative estimate of drug-likeness (QED) is 0.824. The molecule has 1 aliphatic heterocycles. The highest BCUT2D eigenvalue weighted by molar-refractivity contribution is 5.80. The van der Waals surface area contributed by atoms with Crippen molar-refractivity contribution in [3.8, 4) is 0 Å². The fourth-order valence-electron chi connectivity index (χ4n) is 3.85. The highest BCUT2D eigenvalue weighted by Gasteiger charge is 2.37. The molecule has 0 bridgehead atoms. The van der Waals surface area contributed by atoms with E-state index in [9.17, 15) is 4.79 Å². The Labute approximate surface area is 155 Å². The summed E-state index contributed by atoms with van der Waals surface area (Å²) in [5, 5.41) is 0. The first kappa shape index (κ1) is 17.1. The first-order valence-corrected chi connectivity index (χ1v) is 9.74. The van der Waals surface area contributed by atoms with E-state index < -0.39 is 0 Å². The predicted octanol–water partition coefficient (Wildman–Crippen LogP) is 3.80. The predicted molar refractivity (Wildman–Crippen MR) is 104 cm³/mol. The summed E-state index contributed by atoms with van der Waals surface area (Å²) in [5.41, 5.74) is 2.28. The van der Waals surface area contributed by atoms with Crippen LogP contribution in [0.5, 0.6) is 0 Å². The van der Waals surface area contributed by atoms with Crippen LogP contribution in [-0.4, -0.2) is 34.9 Å². The molecule has 4 heteroatoms. The number of hydrogen-bond donors (Lipinski definition) is 0. The van der Waals surface area contributed by atoms with Gasteiger partial charge in [0.2, 0.25) is 5.91 Å². The van der Waals surface area contributed by atoms with Crippen molar-refractivity contribution in [2.24, 2.45) is 5.92 Å². The molecule has 2 heterocycles. The van der Waals surface area contributed by atoms with Crippen LogP contribution in [0.1, 0.15) is 36.9 Å². The molecule has 4 nitrogen and oxygen atoms in total. The molecule has 4 rings (SSSR count). The summed E-state index contributed by atoms with van der Waals surface area (Å²) in [6.45, 7) is 4.61. The molecule has 2 aromatic rings. The third-order valence-corrected chi connectivity index (χ3v) is 5.51. The van der Waals surface area contributed by atoms with Gasteiger partial charge in [-0.05, 0) is 50.3 Å². The second-order valence-corrected chi connectivity index (χ2v) is 7.58. The smallest absolute Gasteiger partial charge is 0.226 e. The van der Waals surface area contributed by atoms with Crippen molar-refractivity contribution in [3.63, 3.8) is 0 Å².